The molecule has 1 N–H and O–H groups in total. The lowest BCUT2D eigenvalue weighted by Gasteiger charge is -2.09. The summed E-state index contributed by atoms with van der Waals surface area (Å²) in [6, 6.07) is 12.3. The molecule has 2 aromatic carbocycles. The molecule has 1 aliphatic rings. The lowest BCUT2D eigenvalue weighted by molar-refractivity contribution is -0.130. The van der Waals surface area contributed by atoms with E-state index in [0.29, 0.717) is 27.6 Å². The first kappa shape index (κ1) is 11.8. The van der Waals surface area contributed by atoms with Gasteiger partial charge in [-0.1, -0.05) is 35.9 Å². The van der Waals surface area contributed by atoms with Gasteiger partial charge in [-0.15, -0.1) is 0 Å². The fourth-order valence-electron chi connectivity index (χ4n) is 2.04. The highest BCUT2D eigenvalue weighted by molar-refractivity contribution is 6.33. The van der Waals surface area contributed by atoms with E-state index in [1.807, 2.05) is 0 Å². The Morgan fingerprint density at radius 3 is 2.58 bits per heavy atom. The molecular weight excluding hydrogens is 264 g/mol. The number of fused-ring (bicyclic) bond motifs is 2. The van der Waals surface area contributed by atoms with Gasteiger partial charge in [-0.05, 0) is 24.3 Å². The molecule has 0 atom stereocenters. The molecule has 19 heavy (non-hydrogen) atoms. The minimum Gasteiger partial charge on any atom is -0.478 e. The van der Waals surface area contributed by atoms with Crippen molar-refractivity contribution in [2.75, 3.05) is 0 Å². The Morgan fingerprint density at radius 1 is 1.05 bits per heavy atom. The number of hydrogen-bond acceptors (Lipinski definition) is 2. The summed E-state index contributed by atoms with van der Waals surface area (Å²) >= 11 is 6.11. The zero-order valence-electron chi connectivity index (χ0n) is 9.76. The van der Waals surface area contributed by atoms with Gasteiger partial charge in [0.25, 0.3) is 0 Å². The van der Waals surface area contributed by atoms with Crippen molar-refractivity contribution in [2.24, 2.45) is 0 Å². The van der Waals surface area contributed by atoms with E-state index in [2.05, 4.69) is 0 Å². The van der Waals surface area contributed by atoms with Crippen LogP contribution in [0.3, 0.4) is 0 Å². The van der Waals surface area contributed by atoms with Gasteiger partial charge in [0.15, 0.2) is 0 Å². The average Bonchev–Trinajstić information content (AvgIpc) is 2.56. The van der Waals surface area contributed by atoms with Crippen LogP contribution in [0.25, 0.3) is 11.6 Å². The fourth-order valence-corrected chi connectivity index (χ4v) is 2.26. The van der Waals surface area contributed by atoms with Gasteiger partial charge in [0.1, 0.15) is 11.5 Å². The average molecular weight is 273 g/mol. The molecular formula is C15H9ClO3. The molecule has 0 radical (unpaired) electrons. The molecule has 4 heteroatoms. The maximum Gasteiger partial charge on any atom is 0.336 e. The second-order valence-electron chi connectivity index (χ2n) is 4.11. The van der Waals surface area contributed by atoms with E-state index in [9.17, 15) is 9.90 Å². The second-order valence-corrected chi connectivity index (χ2v) is 4.52. The summed E-state index contributed by atoms with van der Waals surface area (Å²) in [7, 11) is 0. The van der Waals surface area contributed by atoms with Crippen LogP contribution in [0.1, 0.15) is 11.1 Å². The normalized spacial score (nSPS) is 12.6. The third-order valence-corrected chi connectivity index (χ3v) is 3.26. The number of hydrogen-bond donors (Lipinski definition) is 1. The fraction of sp³-hybridized carbons (Fsp3) is 0. The number of aliphatic carboxylic acids is 1. The smallest absolute Gasteiger partial charge is 0.336 e. The van der Waals surface area contributed by atoms with Gasteiger partial charge < -0.3 is 9.84 Å². The molecule has 0 fully saturated rings. The van der Waals surface area contributed by atoms with Crippen molar-refractivity contribution in [1.29, 1.82) is 0 Å². The standard InChI is InChI=1S/C15H9ClO3/c16-12-5-3-7-14-11(12)8-10(15(17)18)9-4-1-2-6-13(9)19-14/h1-8H,(H,17,18). The maximum atomic E-state index is 11.4. The van der Waals surface area contributed by atoms with Gasteiger partial charge in [0, 0.05) is 11.1 Å². The van der Waals surface area contributed by atoms with Gasteiger partial charge in [0.05, 0.1) is 10.6 Å². The molecule has 0 spiro atoms. The predicted molar refractivity (Wildman–Crippen MR) is 73.5 cm³/mol. The Bertz CT molecular complexity index is 704. The van der Waals surface area contributed by atoms with Crippen molar-refractivity contribution < 1.29 is 14.6 Å². The molecule has 1 heterocycles. The van der Waals surface area contributed by atoms with E-state index >= 15 is 0 Å². The number of halogens is 1. The molecule has 0 aliphatic carbocycles. The lowest BCUT2D eigenvalue weighted by Crippen LogP contribution is -1.99. The minimum absolute atomic E-state index is 0.169. The first-order valence-corrected chi connectivity index (χ1v) is 6.05. The Morgan fingerprint density at radius 2 is 1.79 bits per heavy atom. The van der Waals surface area contributed by atoms with Crippen LogP contribution in [-0.4, -0.2) is 11.1 Å². The van der Waals surface area contributed by atoms with Crippen molar-refractivity contribution in [3.8, 4) is 11.5 Å². The molecule has 1 aliphatic heterocycles. The zero-order chi connectivity index (χ0) is 13.4. The van der Waals surface area contributed by atoms with Crippen molar-refractivity contribution in [2.45, 2.75) is 0 Å². The number of carbonyl (C=O) groups is 1. The largest absolute Gasteiger partial charge is 0.478 e. The van der Waals surface area contributed by atoms with Gasteiger partial charge in [-0.25, -0.2) is 4.79 Å². The van der Waals surface area contributed by atoms with Crippen LogP contribution in [0.2, 0.25) is 5.02 Å². The Labute approximate surface area is 114 Å². The summed E-state index contributed by atoms with van der Waals surface area (Å²) in [5.41, 5.74) is 1.29. The molecule has 3 rings (SSSR count). The summed E-state index contributed by atoms with van der Waals surface area (Å²) in [6.07, 6.45) is 1.55. The summed E-state index contributed by atoms with van der Waals surface area (Å²) in [5, 5.41) is 9.82. The van der Waals surface area contributed by atoms with Crippen LogP contribution in [0.15, 0.2) is 42.5 Å². The van der Waals surface area contributed by atoms with Crippen molar-refractivity contribution >= 4 is 29.2 Å². The van der Waals surface area contributed by atoms with Crippen LogP contribution in [0.5, 0.6) is 11.5 Å². The number of benzene rings is 2. The Hall–Kier alpha value is -2.26. The summed E-state index contributed by atoms with van der Waals surface area (Å²) in [4.78, 5) is 11.4. The van der Waals surface area contributed by atoms with Crippen LogP contribution >= 0.6 is 11.6 Å². The second kappa shape index (κ2) is 4.44. The monoisotopic (exact) mass is 272 g/mol. The van der Waals surface area contributed by atoms with Gasteiger partial charge >= 0.3 is 5.97 Å². The van der Waals surface area contributed by atoms with Crippen LogP contribution in [-0.2, 0) is 4.79 Å². The first-order valence-electron chi connectivity index (χ1n) is 5.67. The highest BCUT2D eigenvalue weighted by Crippen LogP contribution is 2.40. The van der Waals surface area contributed by atoms with E-state index in [1.54, 1.807) is 48.5 Å². The molecule has 0 saturated heterocycles. The zero-order valence-corrected chi connectivity index (χ0v) is 10.5. The summed E-state index contributed by atoms with van der Waals surface area (Å²) < 4.78 is 5.76. The van der Waals surface area contributed by atoms with Gasteiger partial charge in [0.2, 0.25) is 0 Å². The van der Waals surface area contributed by atoms with E-state index in [4.69, 9.17) is 16.3 Å². The summed E-state index contributed by atoms with van der Waals surface area (Å²) in [6.45, 7) is 0. The van der Waals surface area contributed by atoms with E-state index in [1.165, 1.54) is 0 Å². The number of rotatable bonds is 1. The predicted octanol–water partition coefficient (Wildman–Crippen LogP) is 4.07. The van der Waals surface area contributed by atoms with Gasteiger partial charge in [-0.3, -0.25) is 0 Å². The van der Waals surface area contributed by atoms with Crippen molar-refractivity contribution in [3.05, 3.63) is 58.6 Å². The molecule has 2 aromatic rings. The van der Waals surface area contributed by atoms with Gasteiger partial charge in [-0.2, -0.15) is 0 Å². The Kier molecular flexibility index (Phi) is 2.76. The molecule has 3 nitrogen and oxygen atoms in total. The van der Waals surface area contributed by atoms with E-state index in [0.717, 1.165) is 0 Å². The minimum atomic E-state index is -1.01. The molecule has 94 valence electrons. The topological polar surface area (TPSA) is 46.5 Å². The Balaban J connectivity index is 2.32. The number of para-hydroxylation sites is 1. The van der Waals surface area contributed by atoms with Crippen molar-refractivity contribution in [1.82, 2.24) is 0 Å². The maximum absolute atomic E-state index is 11.4. The summed E-state index contributed by atoms with van der Waals surface area (Å²) in [5.74, 6) is 0.0530. The first-order chi connectivity index (χ1) is 9.16. The van der Waals surface area contributed by atoms with E-state index < -0.39 is 5.97 Å². The van der Waals surface area contributed by atoms with Crippen LogP contribution in [0.4, 0.5) is 0 Å². The highest BCUT2D eigenvalue weighted by atomic mass is 35.5. The molecule has 0 bridgehead atoms. The SMILES string of the molecule is O=C(O)C1=Cc2c(Cl)cccc2Oc2ccccc21. The lowest BCUT2D eigenvalue weighted by atomic mass is 10.0. The van der Waals surface area contributed by atoms with Crippen LogP contribution < -0.4 is 4.74 Å². The third-order valence-electron chi connectivity index (χ3n) is 2.93. The molecule has 0 unspecified atom stereocenters. The van der Waals surface area contributed by atoms with Crippen molar-refractivity contribution in [3.63, 3.8) is 0 Å². The highest BCUT2D eigenvalue weighted by Gasteiger charge is 2.21. The number of carboxylic acids is 1. The quantitative estimate of drug-likeness (QED) is 0.851. The third kappa shape index (κ3) is 1.98. The van der Waals surface area contributed by atoms with Crippen LogP contribution in [0, 0.1) is 0 Å². The number of ether oxygens (including phenoxy) is 1. The molecule has 0 aromatic heterocycles. The molecule has 0 amide bonds. The number of carboxylic acid groups (broad SMARTS) is 1. The molecule has 0 saturated carbocycles. The van der Waals surface area contributed by atoms with E-state index in [-0.39, 0.29) is 5.57 Å².